The largest absolute Gasteiger partial charge is 0.462 e. The Morgan fingerprint density at radius 2 is 0.565 bits per heavy atom. The quantitative estimate of drug-likeness (QED) is 0.0262. The number of hydrogen-bond donors (Lipinski definition) is 0. The second-order valence-electron chi connectivity index (χ2n) is 18.8. The summed E-state index contributed by atoms with van der Waals surface area (Å²) in [5.74, 6) is -0.948. The van der Waals surface area contributed by atoms with Gasteiger partial charge in [-0.05, 0) is 103 Å². The molecule has 0 fully saturated rings. The molecule has 0 aliphatic heterocycles. The van der Waals surface area contributed by atoms with Gasteiger partial charge in [0.25, 0.3) is 0 Å². The first kappa shape index (κ1) is 65.3. The molecule has 394 valence electrons. The molecule has 0 aromatic rings. The van der Waals surface area contributed by atoms with Crippen LogP contribution in [0.25, 0.3) is 0 Å². The highest BCUT2D eigenvalue weighted by atomic mass is 16.6. The number of esters is 3. The molecule has 0 amide bonds. The van der Waals surface area contributed by atoms with Crippen molar-refractivity contribution in [3.05, 3.63) is 97.2 Å². The van der Waals surface area contributed by atoms with Gasteiger partial charge in [0.1, 0.15) is 13.2 Å². The third-order valence-corrected chi connectivity index (χ3v) is 12.1. The van der Waals surface area contributed by atoms with Gasteiger partial charge in [0.05, 0.1) is 0 Å². The third kappa shape index (κ3) is 55.1. The van der Waals surface area contributed by atoms with E-state index in [0.29, 0.717) is 12.8 Å². The molecule has 6 nitrogen and oxygen atoms in total. The zero-order valence-corrected chi connectivity index (χ0v) is 45.0. The van der Waals surface area contributed by atoms with Gasteiger partial charge in [0, 0.05) is 19.3 Å². The number of rotatable bonds is 51. The van der Waals surface area contributed by atoms with Crippen LogP contribution in [0, 0.1) is 0 Å². The molecule has 0 unspecified atom stereocenters. The van der Waals surface area contributed by atoms with E-state index in [4.69, 9.17) is 14.2 Å². The van der Waals surface area contributed by atoms with Crippen LogP contribution in [0.2, 0.25) is 0 Å². The molecule has 0 aliphatic carbocycles. The Labute approximate surface area is 426 Å². The van der Waals surface area contributed by atoms with Gasteiger partial charge in [-0.2, -0.15) is 0 Å². The Bertz CT molecular complexity index is 1380. The predicted octanol–water partition coefficient (Wildman–Crippen LogP) is 19.3. The summed E-state index contributed by atoms with van der Waals surface area (Å²) >= 11 is 0. The molecular weight excluding hydrogens is 853 g/mol. The molecule has 0 aliphatic rings. The lowest BCUT2D eigenvalue weighted by Gasteiger charge is -2.18. The van der Waals surface area contributed by atoms with E-state index in [9.17, 15) is 14.4 Å². The van der Waals surface area contributed by atoms with Crippen molar-refractivity contribution in [2.24, 2.45) is 0 Å². The lowest BCUT2D eigenvalue weighted by atomic mass is 10.0. The number of carbonyl (C=O) groups excluding carboxylic acids is 3. The van der Waals surface area contributed by atoms with Crippen LogP contribution in [0.3, 0.4) is 0 Å². The Kier molecular flexibility index (Phi) is 53.9. The van der Waals surface area contributed by atoms with Gasteiger partial charge in [-0.3, -0.25) is 14.4 Å². The second-order valence-corrected chi connectivity index (χ2v) is 18.8. The van der Waals surface area contributed by atoms with Crippen LogP contribution in [0.5, 0.6) is 0 Å². The highest BCUT2D eigenvalue weighted by Crippen LogP contribution is 2.15. The molecule has 69 heavy (non-hydrogen) atoms. The number of hydrogen-bond acceptors (Lipinski definition) is 6. The summed E-state index contributed by atoms with van der Waals surface area (Å²) in [6, 6.07) is 0. The Morgan fingerprint density at radius 1 is 0.304 bits per heavy atom. The zero-order valence-electron chi connectivity index (χ0n) is 45.0. The van der Waals surface area contributed by atoms with Crippen molar-refractivity contribution in [2.45, 2.75) is 271 Å². The summed E-state index contributed by atoms with van der Waals surface area (Å²) in [6.07, 6.45) is 75.3. The smallest absolute Gasteiger partial charge is 0.306 e. The fourth-order valence-corrected chi connectivity index (χ4v) is 7.77. The first-order valence-electron chi connectivity index (χ1n) is 28.7. The van der Waals surface area contributed by atoms with Crippen molar-refractivity contribution in [3.63, 3.8) is 0 Å². The van der Waals surface area contributed by atoms with Crippen molar-refractivity contribution in [3.8, 4) is 0 Å². The van der Waals surface area contributed by atoms with Crippen LogP contribution in [0.1, 0.15) is 265 Å². The number of allylic oxidation sites excluding steroid dienone is 16. The average Bonchev–Trinajstić information content (AvgIpc) is 3.35. The van der Waals surface area contributed by atoms with Gasteiger partial charge in [0.15, 0.2) is 6.10 Å². The first-order chi connectivity index (χ1) is 34.0. The molecule has 0 saturated heterocycles. The minimum Gasteiger partial charge on any atom is -0.462 e. The summed E-state index contributed by atoms with van der Waals surface area (Å²) in [6.45, 7) is 6.46. The standard InChI is InChI=1S/C63H106O6/c1-4-7-10-13-16-19-22-25-28-30-31-33-36-39-42-45-48-51-54-57-63(66)69-60(58-67-61(64)55-52-49-46-43-40-37-34-27-24-21-18-15-12-9-6-3)59-68-62(65)56-53-50-47-44-41-38-35-32-29-26-23-20-17-14-11-8-5-2/h8,11,16-17,19-20,25-26,28-29,31,33,35,38-39,42,60H,4-7,9-10,12-15,18,21-24,27,30,32,34,36-37,40-41,43-59H2,1-3H3/b11-8-,19-16-,20-17-,28-25-,29-26-,33-31-,38-35-,42-39-/t60-/m0/s1. The van der Waals surface area contributed by atoms with Gasteiger partial charge in [-0.1, -0.05) is 240 Å². The van der Waals surface area contributed by atoms with E-state index in [-0.39, 0.29) is 37.5 Å². The lowest BCUT2D eigenvalue weighted by Crippen LogP contribution is -2.30. The molecule has 0 bridgehead atoms. The van der Waals surface area contributed by atoms with Crippen molar-refractivity contribution in [1.82, 2.24) is 0 Å². The fourth-order valence-electron chi connectivity index (χ4n) is 7.77. The van der Waals surface area contributed by atoms with E-state index in [0.717, 1.165) is 122 Å². The molecule has 0 aromatic heterocycles. The minimum atomic E-state index is -0.804. The van der Waals surface area contributed by atoms with E-state index in [1.54, 1.807) is 0 Å². The van der Waals surface area contributed by atoms with Crippen molar-refractivity contribution in [2.75, 3.05) is 13.2 Å². The summed E-state index contributed by atoms with van der Waals surface area (Å²) in [7, 11) is 0. The third-order valence-electron chi connectivity index (χ3n) is 12.1. The molecule has 0 heterocycles. The number of carbonyl (C=O) groups is 3. The molecule has 1 atom stereocenters. The Morgan fingerprint density at radius 3 is 0.928 bits per heavy atom. The van der Waals surface area contributed by atoms with E-state index in [1.807, 2.05) is 0 Å². The van der Waals surface area contributed by atoms with Gasteiger partial charge in [-0.25, -0.2) is 0 Å². The van der Waals surface area contributed by atoms with Crippen LogP contribution in [-0.4, -0.2) is 37.2 Å². The van der Waals surface area contributed by atoms with E-state index in [2.05, 4.69) is 118 Å². The lowest BCUT2D eigenvalue weighted by molar-refractivity contribution is -0.167. The highest BCUT2D eigenvalue weighted by molar-refractivity contribution is 5.71. The average molecular weight is 960 g/mol. The maximum atomic E-state index is 12.9. The van der Waals surface area contributed by atoms with E-state index in [1.165, 1.54) is 103 Å². The molecule has 0 spiro atoms. The fraction of sp³-hybridized carbons (Fsp3) is 0.698. The van der Waals surface area contributed by atoms with Gasteiger partial charge < -0.3 is 14.2 Å². The predicted molar refractivity (Wildman–Crippen MR) is 297 cm³/mol. The highest BCUT2D eigenvalue weighted by Gasteiger charge is 2.19. The van der Waals surface area contributed by atoms with Gasteiger partial charge in [-0.15, -0.1) is 0 Å². The second kappa shape index (κ2) is 56.9. The SMILES string of the molecule is CC/C=C\C/C=C\C/C=C\C/C=C\CCCCCCC(=O)OC[C@H](COC(=O)CCCCCCCCCCCCCCCCC)OC(=O)CCCCC/C=C\C/C=C\C/C=C\C/C=C\CCCCC. The summed E-state index contributed by atoms with van der Waals surface area (Å²) in [5, 5.41) is 0. The van der Waals surface area contributed by atoms with Crippen molar-refractivity contribution in [1.29, 1.82) is 0 Å². The van der Waals surface area contributed by atoms with E-state index < -0.39 is 6.10 Å². The van der Waals surface area contributed by atoms with Crippen LogP contribution >= 0.6 is 0 Å². The normalized spacial score (nSPS) is 12.8. The summed E-state index contributed by atoms with van der Waals surface area (Å²) < 4.78 is 16.8. The van der Waals surface area contributed by atoms with Gasteiger partial charge >= 0.3 is 17.9 Å². The molecule has 0 saturated carbocycles. The molecular formula is C63H106O6. The topological polar surface area (TPSA) is 78.9 Å². The van der Waals surface area contributed by atoms with Crippen LogP contribution in [-0.2, 0) is 28.6 Å². The monoisotopic (exact) mass is 959 g/mol. The maximum Gasteiger partial charge on any atom is 0.306 e. The number of unbranched alkanes of at least 4 members (excludes halogenated alkanes) is 24. The molecule has 0 aromatic carbocycles. The summed E-state index contributed by atoms with van der Waals surface area (Å²) in [4.78, 5) is 38.2. The van der Waals surface area contributed by atoms with Crippen molar-refractivity contribution >= 4 is 17.9 Å². The van der Waals surface area contributed by atoms with Crippen LogP contribution < -0.4 is 0 Å². The zero-order chi connectivity index (χ0) is 50.0. The maximum absolute atomic E-state index is 12.9. The minimum absolute atomic E-state index is 0.0973. The Balaban J connectivity index is 4.49. The van der Waals surface area contributed by atoms with Gasteiger partial charge in [0.2, 0.25) is 0 Å². The van der Waals surface area contributed by atoms with Crippen LogP contribution in [0.15, 0.2) is 97.2 Å². The molecule has 0 rings (SSSR count). The Hall–Kier alpha value is -3.67. The van der Waals surface area contributed by atoms with Crippen LogP contribution in [0.4, 0.5) is 0 Å². The summed E-state index contributed by atoms with van der Waals surface area (Å²) in [5.41, 5.74) is 0. The molecule has 0 radical (unpaired) electrons. The number of ether oxygens (including phenoxy) is 3. The van der Waals surface area contributed by atoms with E-state index >= 15 is 0 Å². The molecule has 6 heteroatoms. The van der Waals surface area contributed by atoms with Crippen molar-refractivity contribution < 1.29 is 28.6 Å². The first-order valence-corrected chi connectivity index (χ1v) is 28.7. The molecule has 0 N–H and O–H groups in total.